The first kappa shape index (κ1) is 79.6. The van der Waals surface area contributed by atoms with Gasteiger partial charge in [-0.05, 0) is 0 Å². The summed E-state index contributed by atoms with van der Waals surface area (Å²) in [5.41, 5.74) is 8.50. The predicted molar refractivity (Wildman–Crippen MR) is 63.5 cm³/mol. The number of isocyanates is 2. The van der Waals surface area contributed by atoms with Crippen LogP contribution < -0.4 is 36.1 Å². The van der Waals surface area contributed by atoms with Gasteiger partial charge in [0.25, 0.3) is 0 Å². The molecule has 0 aromatic rings. The Morgan fingerprint density at radius 3 is 0.889 bits per heavy atom. The minimum Gasteiger partial charge on any atom is -0.412 e. The fraction of sp³-hybridized carbons (Fsp3) is 0. The predicted octanol–water partition coefficient (Wildman–Crippen LogP) is -1.28. The van der Waals surface area contributed by atoms with Gasteiger partial charge in [0.05, 0.1) is 0 Å². The van der Waals surface area contributed by atoms with E-state index in [-0.39, 0.29) is 39.1 Å². The van der Waals surface area contributed by atoms with Crippen LogP contribution in [0.2, 0.25) is 0 Å². The summed E-state index contributed by atoms with van der Waals surface area (Å²) in [5, 5.41) is 10.8. The normalized spacial score (nSPS) is 2.67. The number of nitrogens with one attached hydrogen (secondary N) is 2. The Hall–Kier alpha value is -2.79. The van der Waals surface area contributed by atoms with Gasteiger partial charge in [-0.15, -0.1) is 0 Å². The van der Waals surface area contributed by atoms with Crippen molar-refractivity contribution in [3.8, 4) is 0 Å². The molecule has 0 fully saturated rings. The van der Waals surface area contributed by atoms with Crippen molar-refractivity contribution < 1.29 is 32.3 Å². The fourth-order valence-corrected chi connectivity index (χ4v) is 0. The number of carbonyl (C=O) groups excluding carboxylic acids is 5. The van der Waals surface area contributed by atoms with Crippen LogP contribution in [0, 0.1) is 10.8 Å². The lowest BCUT2D eigenvalue weighted by atomic mass is 11.2. The number of primary amides is 2. The van der Waals surface area contributed by atoms with Gasteiger partial charge >= 0.3 is 15.0 Å². The van der Waals surface area contributed by atoms with Crippen LogP contribution in [-0.4, -0.2) is 29.8 Å². The van der Waals surface area contributed by atoms with Crippen LogP contribution in [0.1, 0.15) is 2.85 Å². The Kier molecular flexibility index (Phi) is 1060. The maximum absolute atomic E-state index is 9.00. The first-order valence-corrected chi connectivity index (χ1v) is 2.10. The van der Waals surface area contributed by atoms with E-state index in [2.05, 4.69) is 11.5 Å². The second kappa shape index (κ2) is 241. The van der Waals surface area contributed by atoms with Crippen molar-refractivity contribution in [2.24, 2.45) is 11.5 Å². The lowest BCUT2D eigenvalue weighted by Crippen LogP contribution is -2.18. The minimum absolute atomic E-state index is 0. The van der Waals surface area contributed by atoms with Gasteiger partial charge in [-0.1, -0.05) is 0 Å². The number of nitrogens with two attached hydrogens (primary N) is 2. The average molecular weight is 280 g/mol. The Bertz CT molecular complexity index is 190. The molecule has 0 aliphatic rings. The number of carbonyl (C=O) groups is 1. The minimum atomic E-state index is -0.833. The van der Waals surface area contributed by atoms with Crippen molar-refractivity contribution >= 4 is 24.3 Å². The molecule has 0 aromatic heterocycles. The molecule has 112 valence electrons. The molecular weight excluding hydrogens is 256 g/mol. The molecular formula is C4H24N8O6+4. The molecule has 0 radical (unpaired) electrons. The third-order valence-corrected chi connectivity index (χ3v) is 0. The van der Waals surface area contributed by atoms with Crippen molar-refractivity contribution in [3.05, 3.63) is 0 Å². The van der Waals surface area contributed by atoms with E-state index in [0.29, 0.717) is 0 Å². The van der Waals surface area contributed by atoms with Crippen molar-refractivity contribution in [2.75, 3.05) is 0 Å². The lowest BCUT2D eigenvalue weighted by molar-refractivity contribution is -0.191. The summed E-state index contributed by atoms with van der Waals surface area (Å²) >= 11 is 0. The van der Waals surface area contributed by atoms with E-state index in [9.17, 15) is 0 Å². The van der Waals surface area contributed by atoms with Gasteiger partial charge in [-0.25, -0.2) is 25.2 Å². The SMILES string of the molecule is N.N.N=C=O.N=C=O.NC(N)=O.O.O=C=O.[H+].[H+].[NH4+].[NH4+]. The number of urea groups is 1. The van der Waals surface area contributed by atoms with E-state index in [4.69, 9.17) is 34.8 Å². The molecule has 0 spiro atoms. The number of quaternary nitrogens is 2. The fourth-order valence-electron chi connectivity index (χ4n) is 0. The van der Waals surface area contributed by atoms with Crippen LogP contribution in [0.5, 0.6) is 0 Å². The Labute approximate surface area is 105 Å². The highest BCUT2D eigenvalue weighted by Gasteiger charge is 1.60. The van der Waals surface area contributed by atoms with Gasteiger partial charge in [-0.2, -0.15) is 9.59 Å². The zero-order valence-electron chi connectivity index (χ0n) is 12.1. The van der Waals surface area contributed by atoms with Crippen LogP contribution >= 0.6 is 0 Å². The second-order valence-corrected chi connectivity index (χ2v) is 0.690. The molecule has 22 N–H and O–H groups in total. The van der Waals surface area contributed by atoms with Crippen molar-refractivity contribution in [1.29, 1.82) is 10.8 Å². The Balaban J connectivity index is -0.00000000540. The summed E-state index contributed by atoms with van der Waals surface area (Å²) in [6.45, 7) is 0. The van der Waals surface area contributed by atoms with Gasteiger partial charge in [0.2, 0.25) is 12.2 Å². The molecule has 14 heteroatoms. The summed E-state index contributed by atoms with van der Waals surface area (Å²) in [5.74, 6) is 0. The lowest BCUT2D eigenvalue weighted by Gasteiger charge is -1.62. The van der Waals surface area contributed by atoms with Crippen molar-refractivity contribution in [2.45, 2.75) is 0 Å². The van der Waals surface area contributed by atoms with Crippen molar-refractivity contribution in [3.63, 3.8) is 0 Å². The summed E-state index contributed by atoms with van der Waals surface area (Å²) in [4.78, 5) is 41.9. The third kappa shape index (κ3) is 253. The Morgan fingerprint density at radius 2 is 0.889 bits per heavy atom. The van der Waals surface area contributed by atoms with Gasteiger partial charge in [0, 0.05) is 0 Å². The highest BCUT2D eigenvalue weighted by atomic mass is 16.2. The maximum atomic E-state index is 9.00. The summed E-state index contributed by atoms with van der Waals surface area (Å²) in [7, 11) is 0. The molecule has 0 aliphatic carbocycles. The molecule has 0 bridgehead atoms. The molecule has 0 aliphatic heterocycles. The zero-order valence-corrected chi connectivity index (χ0v) is 10.1. The molecule has 0 rings (SSSR count). The first-order valence-electron chi connectivity index (χ1n) is 2.10. The zero-order chi connectivity index (χ0) is 11.7. The van der Waals surface area contributed by atoms with Gasteiger partial charge in [0.1, 0.15) is 0 Å². The van der Waals surface area contributed by atoms with E-state index in [1.165, 1.54) is 0 Å². The number of hydrogen-bond donors (Lipinski definition) is 8. The molecule has 0 saturated heterocycles. The highest BCUT2D eigenvalue weighted by molar-refractivity contribution is 5.69. The molecule has 0 saturated carbocycles. The van der Waals surface area contributed by atoms with E-state index < -0.39 is 6.03 Å². The highest BCUT2D eigenvalue weighted by Crippen LogP contribution is 1.25. The molecule has 2 amide bonds. The van der Waals surface area contributed by atoms with Crippen molar-refractivity contribution in [1.82, 2.24) is 24.6 Å². The van der Waals surface area contributed by atoms with Crippen LogP contribution in [0.15, 0.2) is 0 Å². The molecule has 18 heavy (non-hydrogen) atoms. The summed E-state index contributed by atoms with van der Waals surface area (Å²) < 4.78 is 0. The quantitative estimate of drug-likeness (QED) is 0.195. The molecule has 0 atom stereocenters. The topological polar surface area (TPSA) is 360 Å². The van der Waals surface area contributed by atoms with Gasteiger partial charge < -0.3 is 41.5 Å². The van der Waals surface area contributed by atoms with Crippen LogP contribution in [0.4, 0.5) is 4.79 Å². The van der Waals surface area contributed by atoms with E-state index in [1.54, 1.807) is 0 Å². The molecule has 14 nitrogen and oxygen atoms in total. The summed E-state index contributed by atoms with van der Waals surface area (Å²) in [6.07, 6.45) is 1.75. The Morgan fingerprint density at radius 1 is 0.889 bits per heavy atom. The largest absolute Gasteiger partial charge is 1.00 e. The van der Waals surface area contributed by atoms with Crippen LogP contribution in [0.3, 0.4) is 0 Å². The maximum Gasteiger partial charge on any atom is 1.00 e. The van der Waals surface area contributed by atoms with E-state index in [1.807, 2.05) is 0 Å². The number of hydrogen-bond acceptors (Lipinski definition) is 9. The molecule has 0 aromatic carbocycles. The monoisotopic (exact) mass is 280 g/mol. The van der Waals surface area contributed by atoms with E-state index >= 15 is 0 Å². The second-order valence-electron chi connectivity index (χ2n) is 0.690. The van der Waals surface area contributed by atoms with Crippen LogP contribution in [-0.2, 0) is 19.2 Å². The van der Waals surface area contributed by atoms with Gasteiger partial charge in [0.15, 0.2) is 0 Å². The van der Waals surface area contributed by atoms with E-state index in [0.717, 1.165) is 12.2 Å². The molecule has 0 unspecified atom stereocenters. The smallest absolute Gasteiger partial charge is 0.412 e. The van der Waals surface area contributed by atoms with Gasteiger partial charge in [-0.3, -0.25) is 0 Å². The number of rotatable bonds is 0. The first-order chi connectivity index (χ1) is 5.97. The molecule has 0 heterocycles. The standard InChI is InChI=1S/CH4N2O.2CHNO.CO2.4H3N.H2O/c2-1(3)4;3*2-1-3;;;;;/h(H4,2,3,4);2*2H;;4*1H3;1H2/p+4. The average Bonchev–Trinajstić information content (AvgIpc) is 1.88. The number of amides is 2. The third-order valence-electron chi connectivity index (χ3n) is 0. The summed E-state index contributed by atoms with van der Waals surface area (Å²) in [6, 6.07) is -0.833. The van der Waals surface area contributed by atoms with Crippen LogP contribution in [0.25, 0.3) is 0 Å².